The molecule has 0 aliphatic heterocycles. The summed E-state index contributed by atoms with van der Waals surface area (Å²) < 4.78 is 32.5. The normalized spacial score (nSPS) is 18.2. The molecule has 0 saturated heterocycles. The summed E-state index contributed by atoms with van der Waals surface area (Å²) in [4.78, 5) is 11.1. The van der Waals surface area contributed by atoms with Gasteiger partial charge in [0.15, 0.2) is 6.29 Å². The van der Waals surface area contributed by atoms with Gasteiger partial charge in [-0.1, -0.05) is 13.8 Å². The fraction of sp³-hybridized carbons (Fsp3) is 0.941. The Balaban J connectivity index is 5.05. The zero-order valence-electron chi connectivity index (χ0n) is 16.0. The summed E-state index contributed by atoms with van der Waals surface area (Å²) in [7, 11) is 8.01. The highest BCUT2D eigenvalue weighted by Crippen LogP contribution is 2.25. The molecule has 5 atom stereocenters. The standard InChI is InChI=1S/C17H34O7/c1-12(10-18)14(20-4)8-16(24-11-19-3)13(2)15(21-5)9-17(22-6)23-7/h10,12-17H,8-9,11H2,1-7H3/t12-,13-,14+,15+,16+/m0/s1. The third kappa shape index (κ3) is 8.00. The van der Waals surface area contributed by atoms with Crippen LogP contribution in [0.5, 0.6) is 0 Å². The summed E-state index contributed by atoms with van der Waals surface area (Å²) in [6.45, 7) is 4.03. The van der Waals surface area contributed by atoms with Crippen molar-refractivity contribution in [3.63, 3.8) is 0 Å². The first-order valence-corrected chi connectivity index (χ1v) is 8.15. The van der Waals surface area contributed by atoms with Crippen molar-refractivity contribution in [1.82, 2.24) is 0 Å². The fourth-order valence-electron chi connectivity index (χ4n) is 2.68. The SMILES string of the molecule is COCO[C@H](C[C@@H](OC)[C@@H](C)C=O)[C@@H](C)[C@@H](CC(OC)OC)OC. The molecule has 0 bridgehead atoms. The maximum atomic E-state index is 11.1. The average molecular weight is 350 g/mol. The average Bonchev–Trinajstić information content (AvgIpc) is 2.62. The quantitative estimate of drug-likeness (QED) is 0.330. The van der Waals surface area contributed by atoms with Crippen LogP contribution in [-0.2, 0) is 33.2 Å². The highest BCUT2D eigenvalue weighted by atomic mass is 16.7. The van der Waals surface area contributed by atoms with Gasteiger partial charge in [-0.15, -0.1) is 0 Å². The van der Waals surface area contributed by atoms with Gasteiger partial charge in [0.25, 0.3) is 0 Å². The molecule has 0 aliphatic carbocycles. The lowest BCUT2D eigenvalue weighted by Gasteiger charge is -2.34. The lowest BCUT2D eigenvalue weighted by molar-refractivity contribution is -0.157. The smallest absolute Gasteiger partial charge is 0.159 e. The molecule has 0 fully saturated rings. The van der Waals surface area contributed by atoms with Crippen LogP contribution in [0.15, 0.2) is 0 Å². The molecule has 0 aromatic rings. The van der Waals surface area contributed by atoms with Crippen LogP contribution in [0, 0.1) is 11.8 Å². The molecule has 24 heavy (non-hydrogen) atoms. The first kappa shape index (κ1) is 23.4. The van der Waals surface area contributed by atoms with Gasteiger partial charge in [0.05, 0.1) is 18.3 Å². The summed E-state index contributed by atoms with van der Waals surface area (Å²) in [6.07, 6.45) is 1.10. The maximum absolute atomic E-state index is 11.1. The third-order valence-electron chi connectivity index (χ3n) is 4.39. The number of carbonyl (C=O) groups is 1. The van der Waals surface area contributed by atoms with E-state index in [1.807, 2.05) is 13.8 Å². The summed E-state index contributed by atoms with van der Waals surface area (Å²) in [5, 5.41) is 0. The molecule has 0 aliphatic rings. The zero-order valence-corrected chi connectivity index (χ0v) is 16.0. The second-order valence-corrected chi connectivity index (χ2v) is 5.89. The molecule has 7 heteroatoms. The first-order chi connectivity index (χ1) is 11.5. The Hall–Kier alpha value is -0.570. The Labute approximate surface area is 145 Å². The van der Waals surface area contributed by atoms with E-state index in [4.69, 9.17) is 28.4 Å². The van der Waals surface area contributed by atoms with Gasteiger partial charge in [0.2, 0.25) is 0 Å². The summed E-state index contributed by atoms with van der Waals surface area (Å²) in [6, 6.07) is 0. The molecule has 0 N–H and O–H groups in total. The van der Waals surface area contributed by atoms with Gasteiger partial charge in [-0.25, -0.2) is 0 Å². The van der Waals surface area contributed by atoms with Crippen molar-refractivity contribution in [2.45, 2.75) is 51.3 Å². The van der Waals surface area contributed by atoms with E-state index in [0.717, 1.165) is 6.29 Å². The molecule has 144 valence electrons. The van der Waals surface area contributed by atoms with E-state index in [0.29, 0.717) is 12.8 Å². The van der Waals surface area contributed by atoms with E-state index in [2.05, 4.69) is 0 Å². The molecule has 0 radical (unpaired) electrons. The van der Waals surface area contributed by atoms with Crippen LogP contribution in [0.4, 0.5) is 0 Å². The molecule has 0 rings (SSSR count). The number of methoxy groups -OCH3 is 5. The van der Waals surface area contributed by atoms with Crippen LogP contribution in [0.25, 0.3) is 0 Å². The molecule has 0 aromatic carbocycles. The van der Waals surface area contributed by atoms with Crippen molar-refractivity contribution in [3.05, 3.63) is 0 Å². The zero-order chi connectivity index (χ0) is 18.5. The van der Waals surface area contributed by atoms with Crippen molar-refractivity contribution in [2.24, 2.45) is 11.8 Å². The summed E-state index contributed by atoms with van der Waals surface area (Å²) in [5.74, 6) is -0.197. The van der Waals surface area contributed by atoms with Crippen LogP contribution < -0.4 is 0 Å². The van der Waals surface area contributed by atoms with Crippen LogP contribution >= 0.6 is 0 Å². The second-order valence-electron chi connectivity index (χ2n) is 5.89. The highest BCUT2D eigenvalue weighted by molar-refractivity contribution is 5.53. The van der Waals surface area contributed by atoms with E-state index in [1.54, 1.807) is 35.5 Å². The number of carbonyl (C=O) groups excluding carboxylic acids is 1. The molecular weight excluding hydrogens is 316 g/mol. The lowest BCUT2D eigenvalue weighted by atomic mass is 9.89. The van der Waals surface area contributed by atoms with Gasteiger partial charge in [-0.3, -0.25) is 0 Å². The van der Waals surface area contributed by atoms with Crippen LogP contribution in [0.1, 0.15) is 26.7 Å². The van der Waals surface area contributed by atoms with E-state index in [1.165, 1.54) is 0 Å². The summed E-state index contributed by atoms with van der Waals surface area (Å²) in [5.41, 5.74) is 0. The van der Waals surface area contributed by atoms with Crippen molar-refractivity contribution >= 4 is 6.29 Å². The van der Waals surface area contributed by atoms with Crippen LogP contribution in [0.3, 0.4) is 0 Å². The highest BCUT2D eigenvalue weighted by Gasteiger charge is 2.32. The molecule has 0 saturated carbocycles. The van der Waals surface area contributed by atoms with Crippen molar-refractivity contribution in [3.8, 4) is 0 Å². The van der Waals surface area contributed by atoms with Gasteiger partial charge in [-0.05, 0) is 0 Å². The molecular formula is C17H34O7. The first-order valence-electron chi connectivity index (χ1n) is 8.15. The number of ether oxygens (including phenoxy) is 6. The number of hydrogen-bond acceptors (Lipinski definition) is 7. The van der Waals surface area contributed by atoms with Crippen LogP contribution in [0.2, 0.25) is 0 Å². The van der Waals surface area contributed by atoms with Gasteiger partial charge in [0, 0.05) is 60.2 Å². The minimum atomic E-state index is -0.354. The van der Waals surface area contributed by atoms with Gasteiger partial charge in [0.1, 0.15) is 13.1 Å². The molecule has 0 spiro atoms. The van der Waals surface area contributed by atoms with Gasteiger partial charge >= 0.3 is 0 Å². The van der Waals surface area contributed by atoms with Crippen molar-refractivity contribution in [1.29, 1.82) is 0 Å². The second kappa shape index (κ2) is 13.7. The predicted octanol–water partition coefficient (Wildman–Crippen LogP) is 1.88. The number of rotatable bonds is 15. The van der Waals surface area contributed by atoms with Gasteiger partial charge < -0.3 is 33.2 Å². The monoisotopic (exact) mass is 350 g/mol. The molecule has 0 amide bonds. The minimum absolute atomic E-state index is 0.0226. The van der Waals surface area contributed by atoms with Crippen LogP contribution in [-0.4, -0.2) is 73.2 Å². The fourth-order valence-corrected chi connectivity index (χ4v) is 2.68. The van der Waals surface area contributed by atoms with E-state index >= 15 is 0 Å². The minimum Gasteiger partial charge on any atom is -0.381 e. The lowest BCUT2D eigenvalue weighted by Crippen LogP contribution is -2.39. The molecule has 0 heterocycles. The third-order valence-corrected chi connectivity index (χ3v) is 4.39. The van der Waals surface area contributed by atoms with Gasteiger partial charge in [-0.2, -0.15) is 0 Å². The topological polar surface area (TPSA) is 72.5 Å². The Morgan fingerprint density at radius 1 is 0.792 bits per heavy atom. The maximum Gasteiger partial charge on any atom is 0.159 e. The summed E-state index contributed by atoms with van der Waals surface area (Å²) >= 11 is 0. The number of aldehydes is 1. The Morgan fingerprint density at radius 3 is 1.79 bits per heavy atom. The van der Waals surface area contributed by atoms with Crippen molar-refractivity contribution < 1.29 is 33.2 Å². The Kier molecular flexibility index (Phi) is 13.4. The van der Waals surface area contributed by atoms with E-state index in [-0.39, 0.29) is 43.2 Å². The van der Waals surface area contributed by atoms with E-state index < -0.39 is 0 Å². The Morgan fingerprint density at radius 2 is 1.38 bits per heavy atom. The molecule has 7 nitrogen and oxygen atoms in total. The molecule has 0 unspecified atom stereocenters. The van der Waals surface area contributed by atoms with Crippen molar-refractivity contribution in [2.75, 3.05) is 42.3 Å². The largest absolute Gasteiger partial charge is 0.381 e. The predicted molar refractivity (Wildman–Crippen MR) is 89.8 cm³/mol. The molecule has 0 aromatic heterocycles. The number of hydrogen-bond donors (Lipinski definition) is 0. The Bertz CT molecular complexity index is 309. The van der Waals surface area contributed by atoms with E-state index in [9.17, 15) is 4.79 Å².